The third-order valence-electron chi connectivity index (χ3n) is 4.29. The van der Waals surface area contributed by atoms with E-state index in [0.717, 1.165) is 22.4 Å². The molecule has 4 rings (SSSR count). The van der Waals surface area contributed by atoms with Gasteiger partial charge in [0.25, 0.3) is 5.82 Å². The maximum atomic E-state index is 12.5. The molecular formula is C18H12Cl2N6O. The van der Waals surface area contributed by atoms with Crippen LogP contribution >= 0.6 is 23.2 Å². The Hall–Kier alpha value is -2.95. The molecule has 0 radical (unpaired) electrons. The van der Waals surface area contributed by atoms with Crippen molar-refractivity contribution in [3.8, 4) is 17.2 Å². The van der Waals surface area contributed by atoms with Crippen molar-refractivity contribution in [3.05, 3.63) is 63.9 Å². The van der Waals surface area contributed by atoms with E-state index in [1.54, 1.807) is 23.2 Å². The summed E-state index contributed by atoms with van der Waals surface area (Å²) in [7, 11) is 0. The largest absolute Gasteiger partial charge is 0.331 e. The van der Waals surface area contributed by atoms with Crippen LogP contribution in [0.3, 0.4) is 0 Å². The molecule has 3 aromatic rings. The monoisotopic (exact) mass is 398 g/mol. The van der Waals surface area contributed by atoms with Crippen LogP contribution in [0.4, 0.5) is 0 Å². The van der Waals surface area contributed by atoms with Gasteiger partial charge < -0.3 is 4.90 Å². The highest BCUT2D eigenvalue weighted by Gasteiger charge is 2.25. The zero-order chi connectivity index (χ0) is 19.0. The zero-order valence-corrected chi connectivity index (χ0v) is 15.4. The maximum absolute atomic E-state index is 12.5. The van der Waals surface area contributed by atoms with E-state index >= 15 is 0 Å². The van der Waals surface area contributed by atoms with Crippen molar-refractivity contribution >= 4 is 29.1 Å². The Kier molecular flexibility index (Phi) is 4.52. The quantitative estimate of drug-likeness (QED) is 0.676. The molecule has 0 saturated carbocycles. The van der Waals surface area contributed by atoms with Gasteiger partial charge in [-0.1, -0.05) is 29.3 Å². The summed E-state index contributed by atoms with van der Waals surface area (Å²) in [5.41, 5.74) is 3.55. The minimum absolute atomic E-state index is 0.0263. The highest BCUT2D eigenvalue weighted by Crippen LogP contribution is 2.32. The van der Waals surface area contributed by atoms with Crippen LogP contribution in [0.25, 0.3) is 11.1 Å². The van der Waals surface area contributed by atoms with Gasteiger partial charge in [-0.05, 0) is 23.8 Å². The molecule has 0 fully saturated rings. The van der Waals surface area contributed by atoms with Gasteiger partial charge in [-0.2, -0.15) is 5.26 Å². The lowest BCUT2D eigenvalue weighted by atomic mass is 10.1. The average Bonchev–Trinajstić information content (AvgIpc) is 3.27. The van der Waals surface area contributed by atoms with Gasteiger partial charge in [0.05, 0.1) is 12.2 Å². The van der Waals surface area contributed by atoms with E-state index in [2.05, 4.69) is 15.1 Å². The van der Waals surface area contributed by atoms with Crippen LogP contribution in [0, 0.1) is 11.3 Å². The summed E-state index contributed by atoms with van der Waals surface area (Å²) in [5, 5.41) is 13.8. The van der Waals surface area contributed by atoms with Crippen LogP contribution in [0.5, 0.6) is 0 Å². The number of nitriles is 1. The van der Waals surface area contributed by atoms with Crippen molar-refractivity contribution in [1.29, 1.82) is 5.26 Å². The summed E-state index contributed by atoms with van der Waals surface area (Å²) in [6.45, 7) is 0.918. The number of carbonyl (C=O) groups excluding carboxylic acids is 1. The Balaban J connectivity index is 1.51. The smallest absolute Gasteiger partial charge is 0.252 e. The van der Waals surface area contributed by atoms with Crippen molar-refractivity contribution in [2.75, 3.05) is 0 Å². The van der Waals surface area contributed by atoms with Crippen LogP contribution in [0.15, 0.2) is 36.8 Å². The van der Waals surface area contributed by atoms with Gasteiger partial charge in [-0.3, -0.25) is 9.78 Å². The number of halogens is 2. The van der Waals surface area contributed by atoms with Crippen LogP contribution in [-0.2, 0) is 24.4 Å². The average molecular weight is 399 g/mol. The molecule has 0 saturated heterocycles. The fourth-order valence-corrected chi connectivity index (χ4v) is 3.49. The summed E-state index contributed by atoms with van der Waals surface area (Å²) in [6.07, 6.45) is 3.12. The lowest BCUT2D eigenvalue weighted by Crippen LogP contribution is -2.29. The Morgan fingerprint density at radius 1 is 1.22 bits per heavy atom. The fraction of sp³-hybridized carbons (Fsp3) is 0.167. The van der Waals surface area contributed by atoms with Crippen molar-refractivity contribution in [2.24, 2.45) is 0 Å². The van der Waals surface area contributed by atoms with Gasteiger partial charge in [0.2, 0.25) is 5.91 Å². The van der Waals surface area contributed by atoms with E-state index in [1.165, 1.54) is 11.0 Å². The predicted octanol–water partition coefficient (Wildman–Crippen LogP) is 3.06. The highest BCUT2D eigenvalue weighted by atomic mass is 35.5. The van der Waals surface area contributed by atoms with E-state index in [4.69, 9.17) is 28.5 Å². The minimum atomic E-state index is -0.117. The van der Waals surface area contributed by atoms with Crippen molar-refractivity contribution in [2.45, 2.75) is 19.6 Å². The number of fused-ring (bicyclic) bond motifs is 1. The summed E-state index contributed by atoms with van der Waals surface area (Å²) < 4.78 is 1.36. The van der Waals surface area contributed by atoms with E-state index in [-0.39, 0.29) is 18.3 Å². The second-order valence-electron chi connectivity index (χ2n) is 6.08. The van der Waals surface area contributed by atoms with Crippen LogP contribution < -0.4 is 0 Å². The molecule has 1 aliphatic rings. The normalized spacial score (nSPS) is 12.7. The molecule has 0 atom stereocenters. The number of carbonyl (C=O) groups is 1. The number of aromatic nitrogens is 4. The topological polar surface area (TPSA) is 87.7 Å². The Morgan fingerprint density at radius 3 is 2.81 bits per heavy atom. The SMILES string of the molecule is N#Cc1ncn(CC(=O)N2Cc3cc(-c4ccc(Cl)cc4Cl)cnc3C2)n1. The molecule has 3 heterocycles. The predicted molar refractivity (Wildman–Crippen MR) is 98.7 cm³/mol. The third-order valence-corrected chi connectivity index (χ3v) is 4.84. The maximum Gasteiger partial charge on any atom is 0.252 e. The summed E-state index contributed by atoms with van der Waals surface area (Å²) in [4.78, 5) is 22.5. The van der Waals surface area contributed by atoms with Gasteiger partial charge >= 0.3 is 0 Å². The van der Waals surface area contributed by atoms with E-state index < -0.39 is 0 Å². The first kappa shape index (κ1) is 17.5. The number of pyridine rings is 1. The molecule has 0 spiro atoms. The van der Waals surface area contributed by atoms with Crippen LogP contribution in [-0.4, -0.2) is 30.6 Å². The fourth-order valence-electron chi connectivity index (χ4n) is 2.97. The molecule has 1 amide bonds. The highest BCUT2D eigenvalue weighted by molar-refractivity contribution is 6.36. The summed E-state index contributed by atoms with van der Waals surface area (Å²) in [5.74, 6) is -0.0767. The second kappa shape index (κ2) is 6.99. The van der Waals surface area contributed by atoms with Gasteiger partial charge in [0.1, 0.15) is 18.9 Å². The number of nitrogens with zero attached hydrogens (tertiary/aromatic N) is 6. The lowest BCUT2D eigenvalue weighted by molar-refractivity contribution is -0.132. The number of amides is 1. The molecule has 2 aromatic heterocycles. The van der Waals surface area contributed by atoms with Crippen molar-refractivity contribution in [1.82, 2.24) is 24.6 Å². The molecule has 7 nitrogen and oxygen atoms in total. The summed E-state index contributed by atoms with van der Waals surface area (Å²) >= 11 is 12.2. The van der Waals surface area contributed by atoms with Crippen LogP contribution in [0.2, 0.25) is 10.0 Å². The molecule has 9 heteroatoms. The number of rotatable bonds is 3. The molecule has 0 aliphatic carbocycles. The molecule has 1 aromatic carbocycles. The van der Waals surface area contributed by atoms with Gasteiger partial charge in [0, 0.05) is 33.9 Å². The first-order valence-corrected chi connectivity index (χ1v) is 8.79. The number of hydrogen-bond donors (Lipinski definition) is 0. The molecular weight excluding hydrogens is 387 g/mol. The first-order chi connectivity index (χ1) is 13.0. The zero-order valence-electron chi connectivity index (χ0n) is 13.9. The minimum Gasteiger partial charge on any atom is -0.331 e. The second-order valence-corrected chi connectivity index (χ2v) is 6.92. The van der Waals surface area contributed by atoms with Gasteiger partial charge in [-0.15, -0.1) is 5.10 Å². The Morgan fingerprint density at radius 2 is 2.07 bits per heavy atom. The third kappa shape index (κ3) is 3.50. The lowest BCUT2D eigenvalue weighted by Gasteiger charge is -2.14. The molecule has 1 aliphatic heterocycles. The number of hydrogen-bond acceptors (Lipinski definition) is 5. The molecule has 0 unspecified atom stereocenters. The molecule has 0 N–H and O–H groups in total. The number of benzene rings is 1. The van der Waals surface area contributed by atoms with E-state index in [1.807, 2.05) is 18.2 Å². The summed E-state index contributed by atoms with van der Waals surface area (Å²) in [6, 6.07) is 9.15. The standard InChI is InChI=1S/C18H12Cl2N6O/c19-13-1-2-14(15(20)4-13)11-3-12-7-25(8-16(12)22-6-11)18(27)9-26-10-23-17(5-21)24-26/h1-4,6,10H,7-9H2. The van der Waals surface area contributed by atoms with Crippen molar-refractivity contribution < 1.29 is 4.79 Å². The van der Waals surface area contributed by atoms with E-state index in [9.17, 15) is 4.79 Å². The Labute approximate surface area is 164 Å². The molecule has 27 heavy (non-hydrogen) atoms. The van der Waals surface area contributed by atoms with Gasteiger partial charge in [0.15, 0.2) is 0 Å². The molecule has 134 valence electrons. The first-order valence-electron chi connectivity index (χ1n) is 8.04. The van der Waals surface area contributed by atoms with Gasteiger partial charge in [-0.25, -0.2) is 9.67 Å². The van der Waals surface area contributed by atoms with E-state index in [0.29, 0.717) is 23.1 Å². The Bertz CT molecular complexity index is 1090. The molecule has 0 bridgehead atoms. The van der Waals surface area contributed by atoms with Crippen molar-refractivity contribution in [3.63, 3.8) is 0 Å². The van der Waals surface area contributed by atoms with Crippen LogP contribution in [0.1, 0.15) is 17.1 Å².